The third-order valence-corrected chi connectivity index (χ3v) is 5.01. The maximum absolute atomic E-state index is 13.0. The van der Waals surface area contributed by atoms with E-state index in [9.17, 15) is 9.59 Å². The summed E-state index contributed by atoms with van der Waals surface area (Å²) in [4.78, 5) is 28.4. The molecule has 4 aromatic rings. The zero-order chi connectivity index (χ0) is 23.4. The van der Waals surface area contributed by atoms with Crippen LogP contribution in [0.5, 0.6) is 11.5 Å². The van der Waals surface area contributed by atoms with Crippen molar-refractivity contribution in [3.05, 3.63) is 57.9 Å². The number of nitrogens with one attached hydrogen (secondary N) is 3. The number of pyridine rings is 1. The van der Waals surface area contributed by atoms with Crippen LogP contribution in [0.3, 0.4) is 0 Å². The third-order valence-electron chi connectivity index (χ3n) is 5.01. The van der Waals surface area contributed by atoms with E-state index in [2.05, 4.69) is 30.9 Å². The number of H-pyrrole nitrogens is 2. The lowest BCUT2D eigenvalue weighted by Gasteiger charge is -2.13. The minimum Gasteiger partial charge on any atom is -0.493 e. The lowest BCUT2D eigenvalue weighted by molar-refractivity contribution is 0.102. The van der Waals surface area contributed by atoms with Crippen LogP contribution >= 0.6 is 0 Å². The van der Waals surface area contributed by atoms with Gasteiger partial charge in [0.05, 0.1) is 19.2 Å². The summed E-state index contributed by atoms with van der Waals surface area (Å²) in [6.07, 6.45) is 0. The van der Waals surface area contributed by atoms with Crippen molar-refractivity contribution in [2.75, 3.05) is 32.8 Å². The molecule has 0 saturated heterocycles. The Morgan fingerprint density at radius 3 is 2.67 bits per heavy atom. The average Bonchev–Trinajstić information content (AvgIpc) is 3.35. The standard InChI is InChI=1S/C22H22N6O5/c1-12-4-5-13(20-25-27-28-26-20)9-16(12)23-21(29)15-8-14-10-19(33-7-6-31-2)18(32-3)11-17(14)24-22(15)30/h4-5,8-11H,6-7H2,1-3H3,(H,23,29)(H,24,30)(H,25,26,27,28). The summed E-state index contributed by atoms with van der Waals surface area (Å²) in [6.45, 7) is 2.57. The maximum Gasteiger partial charge on any atom is 0.261 e. The summed E-state index contributed by atoms with van der Waals surface area (Å²) >= 11 is 0. The average molecular weight is 450 g/mol. The summed E-state index contributed by atoms with van der Waals surface area (Å²) in [6, 6.07) is 10.2. The van der Waals surface area contributed by atoms with Gasteiger partial charge in [-0.1, -0.05) is 12.1 Å². The molecule has 0 aliphatic carbocycles. The van der Waals surface area contributed by atoms with E-state index in [1.54, 1.807) is 25.3 Å². The van der Waals surface area contributed by atoms with E-state index in [0.717, 1.165) is 5.56 Å². The van der Waals surface area contributed by atoms with Crippen molar-refractivity contribution in [3.63, 3.8) is 0 Å². The fourth-order valence-electron chi connectivity index (χ4n) is 3.26. The van der Waals surface area contributed by atoms with Gasteiger partial charge in [0.1, 0.15) is 12.2 Å². The van der Waals surface area contributed by atoms with Crippen LogP contribution in [0.2, 0.25) is 0 Å². The highest BCUT2D eigenvalue weighted by Crippen LogP contribution is 2.31. The highest BCUT2D eigenvalue weighted by Gasteiger charge is 2.16. The number of carbonyl (C=O) groups is 1. The summed E-state index contributed by atoms with van der Waals surface area (Å²) in [5, 5.41) is 17.2. The number of amides is 1. The second-order valence-electron chi connectivity index (χ2n) is 7.16. The Hall–Kier alpha value is -4.25. The number of nitrogens with zero attached hydrogens (tertiary/aromatic N) is 3. The van der Waals surface area contributed by atoms with Gasteiger partial charge in [-0.25, -0.2) is 0 Å². The number of tetrazole rings is 1. The van der Waals surface area contributed by atoms with Gasteiger partial charge in [0, 0.05) is 29.8 Å². The fraction of sp³-hybridized carbons (Fsp3) is 0.227. The minimum absolute atomic E-state index is 0.0418. The number of methoxy groups -OCH3 is 2. The first-order valence-electron chi connectivity index (χ1n) is 10.0. The van der Waals surface area contributed by atoms with Gasteiger partial charge >= 0.3 is 0 Å². The molecule has 0 radical (unpaired) electrons. The molecule has 2 aromatic heterocycles. The van der Waals surface area contributed by atoms with Crippen molar-refractivity contribution in [2.45, 2.75) is 6.92 Å². The quantitative estimate of drug-likeness (QED) is 0.347. The number of aromatic nitrogens is 5. The number of anilines is 1. The number of fused-ring (bicyclic) bond motifs is 1. The SMILES string of the molecule is COCCOc1cc2cc(C(=O)Nc3cc(-c4nn[nH]n4)ccc3C)c(=O)[nH]c2cc1OC. The van der Waals surface area contributed by atoms with Gasteiger partial charge in [-0.2, -0.15) is 5.21 Å². The lowest BCUT2D eigenvalue weighted by atomic mass is 10.1. The fourth-order valence-corrected chi connectivity index (χ4v) is 3.26. The predicted octanol–water partition coefficient (Wildman–Crippen LogP) is 2.30. The largest absolute Gasteiger partial charge is 0.493 e. The third kappa shape index (κ3) is 4.67. The Morgan fingerprint density at radius 1 is 1.09 bits per heavy atom. The van der Waals surface area contributed by atoms with Crippen molar-refractivity contribution < 1.29 is 19.0 Å². The van der Waals surface area contributed by atoms with Crippen molar-refractivity contribution in [1.82, 2.24) is 25.6 Å². The molecule has 33 heavy (non-hydrogen) atoms. The zero-order valence-electron chi connectivity index (χ0n) is 18.3. The number of carbonyl (C=O) groups excluding carboxylic acids is 1. The van der Waals surface area contributed by atoms with Crippen molar-refractivity contribution in [3.8, 4) is 22.9 Å². The Morgan fingerprint density at radius 2 is 1.94 bits per heavy atom. The van der Waals surface area contributed by atoms with E-state index >= 15 is 0 Å². The Labute approximate surface area is 188 Å². The first kappa shape index (κ1) is 22.0. The number of hydrogen-bond acceptors (Lipinski definition) is 8. The number of hydrogen-bond donors (Lipinski definition) is 3. The van der Waals surface area contributed by atoms with Crippen LogP contribution in [-0.2, 0) is 4.74 Å². The number of benzene rings is 2. The summed E-state index contributed by atoms with van der Waals surface area (Å²) < 4.78 is 16.1. The molecule has 2 aromatic carbocycles. The van der Waals surface area contributed by atoms with Gasteiger partial charge in [0.25, 0.3) is 11.5 Å². The molecular weight excluding hydrogens is 428 g/mol. The first-order valence-corrected chi connectivity index (χ1v) is 10.0. The molecule has 0 bridgehead atoms. The molecule has 2 heterocycles. The van der Waals surface area contributed by atoms with Crippen LogP contribution in [0.15, 0.2) is 41.2 Å². The number of aromatic amines is 2. The van der Waals surface area contributed by atoms with Gasteiger partial charge in [-0.3, -0.25) is 9.59 Å². The Balaban J connectivity index is 1.66. The molecule has 0 aliphatic heterocycles. The smallest absolute Gasteiger partial charge is 0.261 e. The van der Waals surface area contributed by atoms with Crippen LogP contribution in [0.1, 0.15) is 15.9 Å². The number of ether oxygens (including phenoxy) is 3. The topological polar surface area (TPSA) is 144 Å². The molecule has 0 aliphatic rings. The van der Waals surface area contributed by atoms with Gasteiger partial charge in [0.15, 0.2) is 11.5 Å². The summed E-state index contributed by atoms with van der Waals surface area (Å²) in [5.74, 6) is 0.776. The van der Waals surface area contributed by atoms with E-state index in [1.807, 2.05) is 19.1 Å². The Bertz CT molecular complexity index is 1350. The van der Waals surface area contributed by atoms with Crippen LogP contribution in [-0.4, -0.2) is 58.9 Å². The molecule has 0 atom stereocenters. The molecule has 0 spiro atoms. The molecule has 0 unspecified atom stereocenters. The van der Waals surface area contributed by atoms with E-state index < -0.39 is 11.5 Å². The van der Waals surface area contributed by atoms with Gasteiger partial charge in [0.2, 0.25) is 5.82 Å². The van der Waals surface area contributed by atoms with Crippen LogP contribution in [0, 0.1) is 6.92 Å². The maximum atomic E-state index is 13.0. The summed E-state index contributed by atoms with van der Waals surface area (Å²) in [5.41, 5.74) is 1.96. The van der Waals surface area contributed by atoms with E-state index in [4.69, 9.17) is 14.2 Å². The molecule has 1 amide bonds. The zero-order valence-corrected chi connectivity index (χ0v) is 18.3. The first-order chi connectivity index (χ1) is 16.0. The molecule has 3 N–H and O–H groups in total. The van der Waals surface area contributed by atoms with Crippen molar-refractivity contribution in [1.29, 1.82) is 0 Å². The number of aryl methyl sites for hydroxylation is 1. The summed E-state index contributed by atoms with van der Waals surface area (Å²) in [7, 11) is 3.09. The molecule has 11 nitrogen and oxygen atoms in total. The Kier molecular flexibility index (Phi) is 6.31. The number of rotatable bonds is 8. The van der Waals surface area contributed by atoms with Gasteiger partial charge in [-0.15, -0.1) is 10.2 Å². The van der Waals surface area contributed by atoms with Crippen molar-refractivity contribution in [2.24, 2.45) is 0 Å². The van der Waals surface area contributed by atoms with Gasteiger partial charge < -0.3 is 24.5 Å². The van der Waals surface area contributed by atoms with E-state index in [1.165, 1.54) is 13.2 Å². The minimum atomic E-state index is -0.552. The normalized spacial score (nSPS) is 10.9. The highest BCUT2D eigenvalue weighted by molar-refractivity contribution is 6.06. The lowest BCUT2D eigenvalue weighted by Crippen LogP contribution is -2.23. The van der Waals surface area contributed by atoms with E-state index in [-0.39, 0.29) is 5.56 Å². The van der Waals surface area contributed by atoms with E-state index in [0.29, 0.717) is 52.7 Å². The predicted molar refractivity (Wildman–Crippen MR) is 121 cm³/mol. The molecule has 0 fully saturated rings. The molecule has 0 saturated carbocycles. The molecular formula is C22H22N6O5. The molecule has 11 heteroatoms. The van der Waals surface area contributed by atoms with Crippen LogP contribution < -0.4 is 20.3 Å². The van der Waals surface area contributed by atoms with Crippen LogP contribution in [0.4, 0.5) is 5.69 Å². The van der Waals surface area contributed by atoms with Gasteiger partial charge in [-0.05, 0) is 35.9 Å². The second kappa shape index (κ2) is 9.49. The monoisotopic (exact) mass is 450 g/mol. The van der Waals surface area contributed by atoms with Crippen LogP contribution in [0.25, 0.3) is 22.3 Å². The molecule has 170 valence electrons. The molecule has 4 rings (SSSR count). The second-order valence-corrected chi connectivity index (χ2v) is 7.16. The highest BCUT2D eigenvalue weighted by atomic mass is 16.5. The van der Waals surface area contributed by atoms with Crippen molar-refractivity contribution >= 4 is 22.5 Å².